The van der Waals surface area contributed by atoms with Crippen molar-refractivity contribution in [3.8, 4) is 0 Å². The highest BCUT2D eigenvalue weighted by Crippen LogP contribution is 2.29. The second kappa shape index (κ2) is 10.7. The topological polar surface area (TPSA) is 56.7 Å². The summed E-state index contributed by atoms with van der Waals surface area (Å²) in [5, 5.41) is 5.94. The van der Waals surface area contributed by atoms with Crippen molar-refractivity contribution in [1.82, 2.24) is 15.5 Å². The number of carbonyl (C=O) groups is 1. The summed E-state index contributed by atoms with van der Waals surface area (Å²) in [4.78, 5) is 17.7. The molecule has 0 unspecified atom stereocenters. The number of hydrogen-bond donors (Lipinski definition) is 2. The molecule has 1 aromatic carbocycles. The van der Waals surface area contributed by atoms with E-state index in [1.807, 2.05) is 20.8 Å². The van der Waals surface area contributed by atoms with E-state index < -0.39 is 17.2 Å². The summed E-state index contributed by atoms with van der Waals surface area (Å²) >= 11 is 0. The molecule has 9 heteroatoms. The molecule has 0 aromatic heterocycles. The number of nitrogens with zero attached hydrogens (tertiary/aromatic N) is 2. The number of amides is 1. The molecule has 27 heavy (non-hydrogen) atoms. The highest BCUT2D eigenvalue weighted by molar-refractivity contribution is 14.0. The first-order valence-corrected chi connectivity index (χ1v) is 8.31. The van der Waals surface area contributed by atoms with E-state index >= 15 is 0 Å². The highest BCUT2D eigenvalue weighted by Gasteiger charge is 2.30. The number of alkyl halides is 3. The first-order chi connectivity index (χ1) is 11.9. The molecule has 0 radical (unpaired) electrons. The molecular weight excluding hydrogens is 472 g/mol. The van der Waals surface area contributed by atoms with E-state index in [1.54, 1.807) is 19.0 Å². The van der Waals surface area contributed by atoms with Crippen LogP contribution in [0.2, 0.25) is 0 Å². The minimum atomic E-state index is -4.33. The molecule has 0 bridgehead atoms. The zero-order chi connectivity index (χ0) is 20.0. The Morgan fingerprint density at radius 1 is 1.07 bits per heavy atom. The van der Waals surface area contributed by atoms with Gasteiger partial charge in [0.1, 0.15) is 0 Å². The molecule has 1 amide bonds. The summed E-state index contributed by atoms with van der Waals surface area (Å²) < 4.78 is 37.8. The van der Waals surface area contributed by atoms with Gasteiger partial charge in [-0.25, -0.2) is 0 Å². The fraction of sp³-hybridized carbons (Fsp3) is 0.556. The second-order valence-electron chi connectivity index (χ2n) is 7.03. The monoisotopic (exact) mass is 500 g/mol. The molecule has 1 rings (SSSR count). The van der Waals surface area contributed by atoms with E-state index in [1.165, 1.54) is 12.1 Å². The Morgan fingerprint density at radius 3 is 2.04 bits per heavy atom. The fourth-order valence-electron chi connectivity index (χ4n) is 2.15. The average molecular weight is 500 g/mol. The van der Waals surface area contributed by atoms with Crippen LogP contribution in [0.25, 0.3) is 0 Å². The molecule has 154 valence electrons. The zero-order valence-corrected chi connectivity index (χ0v) is 18.6. The number of benzene rings is 1. The van der Waals surface area contributed by atoms with Gasteiger partial charge in [-0.2, -0.15) is 13.2 Å². The summed E-state index contributed by atoms with van der Waals surface area (Å²) in [5.41, 5.74) is -0.369. The van der Waals surface area contributed by atoms with Gasteiger partial charge in [0.25, 0.3) is 0 Å². The van der Waals surface area contributed by atoms with E-state index in [-0.39, 0.29) is 29.9 Å². The van der Waals surface area contributed by atoms with Crippen molar-refractivity contribution in [2.45, 2.75) is 33.5 Å². The number of carbonyl (C=O) groups excluding carboxylic acids is 1. The maximum atomic E-state index is 12.6. The quantitative estimate of drug-likeness (QED) is 0.282. The fourth-order valence-corrected chi connectivity index (χ4v) is 2.15. The van der Waals surface area contributed by atoms with E-state index in [0.29, 0.717) is 25.6 Å². The van der Waals surface area contributed by atoms with Gasteiger partial charge in [0, 0.05) is 39.1 Å². The molecule has 0 heterocycles. The zero-order valence-electron chi connectivity index (χ0n) is 16.3. The lowest BCUT2D eigenvalue weighted by atomic mass is 9.96. The Kier molecular flexibility index (Phi) is 10.1. The van der Waals surface area contributed by atoms with Gasteiger partial charge in [0.2, 0.25) is 5.91 Å². The summed E-state index contributed by atoms with van der Waals surface area (Å²) in [7, 11) is 3.42. The van der Waals surface area contributed by atoms with Crippen molar-refractivity contribution in [3.05, 3.63) is 35.4 Å². The Hall–Kier alpha value is -1.52. The molecule has 2 N–H and O–H groups in total. The Labute approximate surface area is 175 Å². The maximum Gasteiger partial charge on any atom is 0.416 e. The smallest absolute Gasteiger partial charge is 0.354 e. The predicted molar refractivity (Wildman–Crippen MR) is 112 cm³/mol. The normalized spacial score (nSPS) is 12.2. The third-order valence-electron chi connectivity index (χ3n) is 3.65. The lowest BCUT2D eigenvalue weighted by Crippen LogP contribution is -2.43. The number of aliphatic imine (C=N–C) groups is 1. The lowest BCUT2D eigenvalue weighted by molar-refractivity contribution is -0.137. The van der Waals surface area contributed by atoms with Gasteiger partial charge in [-0.15, -0.1) is 24.0 Å². The molecule has 0 fully saturated rings. The van der Waals surface area contributed by atoms with Gasteiger partial charge >= 0.3 is 6.18 Å². The largest absolute Gasteiger partial charge is 0.416 e. The van der Waals surface area contributed by atoms with Crippen molar-refractivity contribution >= 4 is 35.8 Å². The van der Waals surface area contributed by atoms with Crippen LogP contribution in [0, 0.1) is 5.41 Å². The van der Waals surface area contributed by atoms with E-state index in [0.717, 1.165) is 17.7 Å². The predicted octanol–water partition coefficient (Wildman–Crippen LogP) is 3.49. The van der Waals surface area contributed by atoms with Gasteiger partial charge in [-0.1, -0.05) is 32.9 Å². The van der Waals surface area contributed by atoms with Crippen LogP contribution in [0.5, 0.6) is 0 Å². The summed E-state index contributed by atoms with van der Waals surface area (Å²) in [6.07, 6.45) is -4.33. The molecular formula is C18H28F3IN4O. The molecule has 1 aromatic rings. The van der Waals surface area contributed by atoms with E-state index in [4.69, 9.17) is 0 Å². The molecule has 0 aliphatic carbocycles. The number of rotatable bonds is 5. The number of halogens is 4. The highest BCUT2D eigenvalue weighted by atomic mass is 127. The summed E-state index contributed by atoms with van der Waals surface area (Å²) in [5.74, 6) is 0.558. The minimum Gasteiger partial charge on any atom is -0.354 e. The molecule has 0 aliphatic rings. The molecule has 0 aliphatic heterocycles. The van der Waals surface area contributed by atoms with Gasteiger partial charge < -0.3 is 15.5 Å². The van der Waals surface area contributed by atoms with Crippen LogP contribution < -0.4 is 10.6 Å². The molecule has 0 spiro atoms. The Morgan fingerprint density at radius 2 is 1.59 bits per heavy atom. The molecule has 0 saturated carbocycles. The maximum absolute atomic E-state index is 12.6. The van der Waals surface area contributed by atoms with Crippen molar-refractivity contribution in [2.75, 3.05) is 27.2 Å². The first-order valence-electron chi connectivity index (χ1n) is 8.31. The van der Waals surface area contributed by atoms with E-state index in [2.05, 4.69) is 15.6 Å². The standard InChI is InChI=1S/C18H27F3N4O.HI/c1-17(2,3)15(26)23-10-11-24-16(22-4)25(5)12-13-6-8-14(9-7-13)18(19,20)21;/h6-9H,10-12H2,1-5H3,(H,22,24)(H,23,26);1H. The molecule has 0 atom stereocenters. The third-order valence-corrected chi connectivity index (χ3v) is 3.65. The second-order valence-corrected chi connectivity index (χ2v) is 7.03. The van der Waals surface area contributed by atoms with Crippen LogP contribution >= 0.6 is 24.0 Å². The van der Waals surface area contributed by atoms with Gasteiger partial charge in [-0.05, 0) is 17.7 Å². The SMILES string of the molecule is CN=C(NCCNC(=O)C(C)(C)C)N(C)Cc1ccc(C(F)(F)F)cc1.I. The van der Waals surface area contributed by atoms with Crippen LogP contribution in [-0.4, -0.2) is 44.0 Å². The lowest BCUT2D eigenvalue weighted by Gasteiger charge is -2.23. The van der Waals surface area contributed by atoms with Crippen LogP contribution in [0.3, 0.4) is 0 Å². The Balaban J connectivity index is 0.00000676. The van der Waals surface area contributed by atoms with Crippen molar-refractivity contribution < 1.29 is 18.0 Å². The molecule has 0 saturated heterocycles. The van der Waals surface area contributed by atoms with Gasteiger partial charge in [0.05, 0.1) is 5.56 Å². The third kappa shape index (κ3) is 8.81. The van der Waals surface area contributed by atoms with Crippen molar-refractivity contribution in [2.24, 2.45) is 10.4 Å². The van der Waals surface area contributed by atoms with E-state index in [9.17, 15) is 18.0 Å². The first kappa shape index (κ1) is 25.5. The summed E-state index contributed by atoms with van der Waals surface area (Å²) in [6, 6.07) is 5.05. The van der Waals surface area contributed by atoms with Crippen molar-refractivity contribution in [1.29, 1.82) is 0 Å². The molecule has 5 nitrogen and oxygen atoms in total. The van der Waals surface area contributed by atoms with Crippen LogP contribution in [0.4, 0.5) is 13.2 Å². The summed E-state index contributed by atoms with van der Waals surface area (Å²) in [6.45, 7) is 6.87. The van der Waals surface area contributed by atoms with Crippen LogP contribution in [0.1, 0.15) is 31.9 Å². The van der Waals surface area contributed by atoms with Crippen LogP contribution in [0.15, 0.2) is 29.3 Å². The minimum absolute atomic E-state index is 0. The number of guanidine groups is 1. The van der Waals surface area contributed by atoms with Gasteiger partial charge in [0.15, 0.2) is 5.96 Å². The average Bonchev–Trinajstić information content (AvgIpc) is 2.53. The number of nitrogens with one attached hydrogen (secondary N) is 2. The Bertz CT molecular complexity index is 625. The van der Waals surface area contributed by atoms with Gasteiger partial charge in [-0.3, -0.25) is 9.79 Å². The number of hydrogen-bond acceptors (Lipinski definition) is 2. The van der Waals surface area contributed by atoms with Crippen LogP contribution in [-0.2, 0) is 17.5 Å². The van der Waals surface area contributed by atoms with Crippen molar-refractivity contribution in [3.63, 3.8) is 0 Å².